The van der Waals surface area contributed by atoms with Gasteiger partial charge in [-0.05, 0) is 19.9 Å². The number of carboxylic acid groups (broad SMARTS) is 1. The summed E-state index contributed by atoms with van der Waals surface area (Å²) in [6, 6.07) is 4.83. The van der Waals surface area contributed by atoms with Crippen LogP contribution in [0.25, 0.3) is 11.5 Å². The Morgan fingerprint density at radius 2 is 2.20 bits per heavy atom. The fraction of sp³-hybridized carbons (Fsp3) is 0.333. The van der Waals surface area contributed by atoms with Crippen molar-refractivity contribution < 1.29 is 9.90 Å². The third kappa shape index (κ3) is 3.08. The highest BCUT2D eigenvalue weighted by Gasteiger charge is 2.18. The molecule has 0 aliphatic carbocycles. The molecule has 2 aromatic rings. The van der Waals surface area contributed by atoms with Gasteiger partial charge in [-0.2, -0.15) is 0 Å². The zero-order valence-electron chi connectivity index (χ0n) is 11.0. The van der Waals surface area contributed by atoms with Crippen molar-refractivity contribution in [3.05, 3.63) is 28.6 Å². The maximum Gasteiger partial charge on any atom is 0.313 e. The predicted octanol–water partition coefficient (Wildman–Crippen LogP) is 1.39. The number of thioether (sulfide) groups is 1. The lowest BCUT2D eigenvalue weighted by Gasteiger charge is -2.13. The topological polar surface area (TPSA) is 101 Å². The molecule has 0 fully saturated rings. The van der Waals surface area contributed by atoms with Gasteiger partial charge in [0, 0.05) is 12.1 Å². The van der Waals surface area contributed by atoms with Gasteiger partial charge in [-0.3, -0.25) is 14.2 Å². The Morgan fingerprint density at radius 1 is 1.45 bits per heavy atom. The molecule has 20 heavy (non-hydrogen) atoms. The average Bonchev–Trinajstić information content (AvgIpc) is 2.80. The summed E-state index contributed by atoms with van der Waals surface area (Å²) in [5.74, 6) is -0.482. The van der Waals surface area contributed by atoms with E-state index in [2.05, 4.69) is 15.2 Å². The third-order valence-electron chi connectivity index (χ3n) is 2.51. The number of nitrogens with zero attached hydrogens (tertiary/aromatic N) is 3. The molecule has 0 amide bonds. The molecule has 0 aromatic carbocycles. The number of pyridine rings is 1. The van der Waals surface area contributed by atoms with Crippen LogP contribution in [-0.4, -0.2) is 36.6 Å². The molecule has 0 radical (unpaired) electrons. The Kier molecular flexibility index (Phi) is 4.23. The largest absolute Gasteiger partial charge is 0.481 e. The monoisotopic (exact) mass is 294 g/mol. The standard InChI is InChI=1S/C12H14N4O3S/c1-7(2)16-11(8-4-3-5-9(17)13-8)14-15-12(16)20-6-10(18)19/h3-5,7H,6H2,1-2H3,(H,13,17)(H,18,19). The lowest BCUT2D eigenvalue weighted by molar-refractivity contribution is -0.133. The van der Waals surface area contributed by atoms with E-state index in [4.69, 9.17) is 5.11 Å². The van der Waals surface area contributed by atoms with E-state index in [1.165, 1.54) is 6.07 Å². The highest BCUT2D eigenvalue weighted by molar-refractivity contribution is 7.99. The summed E-state index contributed by atoms with van der Waals surface area (Å²) in [6.45, 7) is 3.89. The average molecular weight is 294 g/mol. The molecule has 8 heteroatoms. The number of nitrogens with one attached hydrogen (secondary N) is 1. The Balaban J connectivity index is 2.44. The predicted molar refractivity (Wildman–Crippen MR) is 74.8 cm³/mol. The molecular weight excluding hydrogens is 280 g/mol. The maximum absolute atomic E-state index is 11.4. The Morgan fingerprint density at radius 3 is 2.80 bits per heavy atom. The second-order valence-electron chi connectivity index (χ2n) is 4.38. The van der Waals surface area contributed by atoms with E-state index < -0.39 is 5.97 Å². The first kappa shape index (κ1) is 14.3. The molecule has 0 bridgehead atoms. The first-order valence-corrected chi connectivity index (χ1v) is 6.97. The van der Waals surface area contributed by atoms with Crippen LogP contribution in [-0.2, 0) is 4.79 Å². The van der Waals surface area contributed by atoms with Crippen LogP contribution in [0.4, 0.5) is 0 Å². The number of aliphatic carboxylic acids is 1. The Labute approximate surface area is 119 Å². The molecule has 0 aliphatic rings. The van der Waals surface area contributed by atoms with Crippen LogP contribution in [0.1, 0.15) is 19.9 Å². The van der Waals surface area contributed by atoms with Gasteiger partial charge in [0.25, 0.3) is 0 Å². The minimum atomic E-state index is -0.914. The minimum absolute atomic E-state index is 0.0417. The number of hydrogen-bond donors (Lipinski definition) is 2. The van der Waals surface area contributed by atoms with Crippen LogP contribution in [0, 0.1) is 0 Å². The molecule has 0 unspecified atom stereocenters. The van der Waals surface area contributed by atoms with Gasteiger partial charge in [0.15, 0.2) is 11.0 Å². The summed E-state index contributed by atoms with van der Waals surface area (Å²) in [5, 5.41) is 17.3. The van der Waals surface area contributed by atoms with Crippen molar-refractivity contribution in [1.82, 2.24) is 19.7 Å². The van der Waals surface area contributed by atoms with Gasteiger partial charge in [-0.1, -0.05) is 17.8 Å². The molecule has 106 valence electrons. The molecule has 2 aromatic heterocycles. The molecule has 0 saturated carbocycles. The van der Waals surface area contributed by atoms with Crippen molar-refractivity contribution in [2.45, 2.75) is 25.0 Å². The second kappa shape index (κ2) is 5.91. The van der Waals surface area contributed by atoms with Crippen molar-refractivity contribution in [3.8, 4) is 11.5 Å². The van der Waals surface area contributed by atoms with Crippen molar-refractivity contribution >= 4 is 17.7 Å². The summed E-state index contributed by atoms with van der Waals surface area (Å²) >= 11 is 1.10. The molecule has 0 saturated heterocycles. The highest BCUT2D eigenvalue weighted by atomic mass is 32.2. The normalized spacial score (nSPS) is 10.9. The molecule has 0 spiro atoms. The zero-order valence-corrected chi connectivity index (χ0v) is 11.8. The van der Waals surface area contributed by atoms with E-state index in [9.17, 15) is 9.59 Å². The first-order valence-electron chi connectivity index (χ1n) is 5.98. The van der Waals surface area contributed by atoms with Gasteiger partial charge < -0.3 is 10.1 Å². The number of H-pyrrole nitrogens is 1. The smallest absolute Gasteiger partial charge is 0.313 e. The van der Waals surface area contributed by atoms with Gasteiger partial charge in [0.1, 0.15) is 0 Å². The fourth-order valence-electron chi connectivity index (χ4n) is 1.73. The number of aromatic amines is 1. The zero-order chi connectivity index (χ0) is 14.7. The third-order valence-corrected chi connectivity index (χ3v) is 3.44. The van der Waals surface area contributed by atoms with E-state index in [0.29, 0.717) is 16.7 Å². The van der Waals surface area contributed by atoms with Crippen LogP contribution < -0.4 is 5.56 Å². The lowest BCUT2D eigenvalue weighted by atomic mass is 10.3. The van der Waals surface area contributed by atoms with Gasteiger partial charge >= 0.3 is 5.97 Å². The summed E-state index contributed by atoms with van der Waals surface area (Å²) in [4.78, 5) is 24.7. The molecule has 0 aliphatic heterocycles. The van der Waals surface area contributed by atoms with E-state index in [1.807, 2.05) is 13.8 Å². The van der Waals surface area contributed by atoms with Gasteiger partial charge in [0.05, 0.1) is 11.4 Å². The van der Waals surface area contributed by atoms with Gasteiger partial charge in [-0.15, -0.1) is 10.2 Å². The summed E-state index contributed by atoms with van der Waals surface area (Å²) in [6.07, 6.45) is 0. The number of aromatic nitrogens is 4. The van der Waals surface area contributed by atoms with Crippen molar-refractivity contribution in [1.29, 1.82) is 0 Å². The first-order chi connectivity index (χ1) is 9.49. The molecule has 2 rings (SSSR count). The van der Waals surface area contributed by atoms with Crippen molar-refractivity contribution in [2.24, 2.45) is 0 Å². The van der Waals surface area contributed by atoms with E-state index in [1.54, 1.807) is 16.7 Å². The Bertz CT molecular complexity index is 677. The summed E-state index contributed by atoms with van der Waals surface area (Å²) < 4.78 is 1.80. The van der Waals surface area contributed by atoms with E-state index >= 15 is 0 Å². The number of rotatable bonds is 5. The maximum atomic E-state index is 11.4. The number of hydrogen-bond acceptors (Lipinski definition) is 5. The van der Waals surface area contributed by atoms with Crippen LogP contribution in [0.2, 0.25) is 0 Å². The lowest BCUT2D eigenvalue weighted by Crippen LogP contribution is -2.10. The number of carbonyl (C=O) groups is 1. The second-order valence-corrected chi connectivity index (χ2v) is 5.32. The summed E-state index contributed by atoms with van der Waals surface area (Å²) in [5.41, 5.74) is 0.335. The quantitative estimate of drug-likeness (QED) is 0.808. The minimum Gasteiger partial charge on any atom is -0.481 e. The fourth-order valence-corrected chi connectivity index (χ4v) is 2.52. The van der Waals surface area contributed by atoms with E-state index in [-0.39, 0.29) is 17.4 Å². The van der Waals surface area contributed by atoms with Gasteiger partial charge in [0.2, 0.25) is 5.56 Å². The van der Waals surface area contributed by atoms with Crippen LogP contribution in [0.5, 0.6) is 0 Å². The van der Waals surface area contributed by atoms with Crippen molar-refractivity contribution in [3.63, 3.8) is 0 Å². The Hall–Kier alpha value is -2.09. The van der Waals surface area contributed by atoms with Crippen LogP contribution >= 0.6 is 11.8 Å². The van der Waals surface area contributed by atoms with E-state index in [0.717, 1.165) is 11.8 Å². The highest BCUT2D eigenvalue weighted by Crippen LogP contribution is 2.25. The van der Waals surface area contributed by atoms with Crippen LogP contribution in [0.3, 0.4) is 0 Å². The molecule has 2 N–H and O–H groups in total. The molecule has 7 nitrogen and oxygen atoms in total. The van der Waals surface area contributed by atoms with Crippen LogP contribution in [0.15, 0.2) is 28.2 Å². The van der Waals surface area contributed by atoms with Gasteiger partial charge in [-0.25, -0.2) is 0 Å². The molecule has 0 atom stereocenters. The molecule has 2 heterocycles. The SMILES string of the molecule is CC(C)n1c(SCC(=O)O)nnc1-c1cccc(=O)[nH]1. The van der Waals surface area contributed by atoms with Crippen molar-refractivity contribution in [2.75, 3.05) is 5.75 Å². The number of carboxylic acids is 1. The summed E-state index contributed by atoms with van der Waals surface area (Å²) in [7, 11) is 0. The molecular formula is C12H14N4O3S.